The van der Waals surface area contributed by atoms with Crippen molar-refractivity contribution in [2.75, 3.05) is 11.5 Å². The molecule has 0 saturated carbocycles. The molecule has 0 radical (unpaired) electrons. The Hall–Kier alpha value is -0.480. The van der Waals surface area contributed by atoms with Gasteiger partial charge < -0.3 is 5.73 Å². The van der Waals surface area contributed by atoms with Gasteiger partial charge in [0.15, 0.2) is 0 Å². The highest BCUT2D eigenvalue weighted by molar-refractivity contribution is 7.99. The minimum atomic E-state index is 0.236. The van der Waals surface area contributed by atoms with E-state index in [4.69, 9.17) is 5.73 Å². The van der Waals surface area contributed by atoms with Crippen LogP contribution in [-0.4, -0.2) is 27.3 Å². The van der Waals surface area contributed by atoms with Crippen molar-refractivity contribution in [1.82, 2.24) is 9.78 Å². The number of hydrogen-bond donors (Lipinski definition) is 1. The van der Waals surface area contributed by atoms with E-state index >= 15 is 0 Å². The highest BCUT2D eigenvalue weighted by Gasteiger charge is 2.10. The van der Waals surface area contributed by atoms with Crippen LogP contribution in [0.4, 0.5) is 0 Å². The molecular weight excluding hydrogens is 230 g/mol. The van der Waals surface area contributed by atoms with Crippen molar-refractivity contribution in [2.24, 2.45) is 11.7 Å². The van der Waals surface area contributed by atoms with Gasteiger partial charge >= 0.3 is 0 Å². The lowest BCUT2D eigenvalue weighted by molar-refractivity contribution is 0.594. The van der Waals surface area contributed by atoms with Crippen molar-refractivity contribution in [3.8, 4) is 0 Å². The number of thioether (sulfide) groups is 1. The molecule has 0 aliphatic rings. The summed E-state index contributed by atoms with van der Waals surface area (Å²) in [4.78, 5) is 0. The first-order valence-corrected chi connectivity index (χ1v) is 7.55. The largest absolute Gasteiger partial charge is 0.327 e. The quantitative estimate of drug-likeness (QED) is 0.814. The molecule has 3 nitrogen and oxygen atoms in total. The summed E-state index contributed by atoms with van der Waals surface area (Å²) < 4.78 is 2.06. The average Bonchev–Trinajstić information content (AvgIpc) is 2.58. The predicted octanol–water partition coefficient (Wildman–Crippen LogP) is 2.47. The number of aryl methyl sites for hydroxylation is 2. The van der Waals surface area contributed by atoms with E-state index in [-0.39, 0.29) is 6.04 Å². The Balaban J connectivity index is 2.41. The van der Waals surface area contributed by atoms with E-state index in [0.29, 0.717) is 0 Å². The van der Waals surface area contributed by atoms with Crippen molar-refractivity contribution in [1.29, 1.82) is 0 Å². The van der Waals surface area contributed by atoms with Crippen molar-refractivity contribution in [3.05, 3.63) is 17.5 Å². The number of aromatic nitrogens is 2. The molecule has 4 heteroatoms. The summed E-state index contributed by atoms with van der Waals surface area (Å²) >= 11 is 1.95. The normalized spacial score (nSPS) is 13.3. The zero-order valence-corrected chi connectivity index (χ0v) is 12.3. The molecule has 2 N–H and O–H groups in total. The van der Waals surface area contributed by atoms with Gasteiger partial charge in [0.1, 0.15) is 0 Å². The van der Waals surface area contributed by atoms with E-state index < -0.39 is 0 Å². The van der Waals surface area contributed by atoms with E-state index in [9.17, 15) is 0 Å². The van der Waals surface area contributed by atoms with Crippen LogP contribution in [0, 0.1) is 12.8 Å². The van der Waals surface area contributed by atoms with Gasteiger partial charge in [-0.25, -0.2) is 0 Å². The molecule has 0 amide bonds. The molecule has 1 heterocycles. The van der Waals surface area contributed by atoms with Gasteiger partial charge in [0.2, 0.25) is 0 Å². The van der Waals surface area contributed by atoms with E-state index in [1.54, 1.807) is 0 Å². The van der Waals surface area contributed by atoms with Gasteiger partial charge in [-0.2, -0.15) is 16.9 Å². The maximum absolute atomic E-state index is 6.16. The van der Waals surface area contributed by atoms with Gasteiger partial charge in [0.05, 0.1) is 5.69 Å². The lowest BCUT2D eigenvalue weighted by Crippen LogP contribution is -2.27. The van der Waals surface area contributed by atoms with Crippen LogP contribution in [0.1, 0.15) is 32.2 Å². The highest BCUT2D eigenvalue weighted by Crippen LogP contribution is 2.12. The van der Waals surface area contributed by atoms with Crippen LogP contribution < -0.4 is 5.73 Å². The number of nitrogens with two attached hydrogens (primary N) is 1. The standard InChI is InChI=1S/C13H25N3S/c1-5-16-13(6-11(4)15-16)7-12(14)9-17-8-10(2)3/h6,10,12H,5,7-9,14H2,1-4H3. The van der Waals surface area contributed by atoms with Crippen molar-refractivity contribution in [2.45, 2.75) is 46.7 Å². The first kappa shape index (κ1) is 14.6. The van der Waals surface area contributed by atoms with E-state index in [0.717, 1.165) is 30.3 Å². The minimum absolute atomic E-state index is 0.236. The monoisotopic (exact) mass is 255 g/mol. The first-order chi connectivity index (χ1) is 8.02. The Labute approximate surface area is 109 Å². The molecule has 1 aromatic rings. The zero-order valence-electron chi connectivity index (χ0n) is 11.4. The summed E-state index contributed by atoms with van der Waals surface area (Å²) in [5.41, 5.74) is 8.52. The molecule has 98 valence electrons. The van der Waals surface area contributed by atoms with E-state index in [1.807, 2.05) is 18.7 Å². The third kappa shape index (κ3) is 5.13. The molecule has 0 bridgehead atoms. The molecule has 1 atom stereocenters. The average molecular weight is 255 g/mol. The number of hydrogen-bond acceptors (Lipinski definition) is 3. The van der Waals surface area contributed by atoms with Gasteiger partial charge in [0.25, 0.3) is 0 Å². The highest BCUT2D eigenvalue weighted by atomic mass is 32.2. The van der Waals surface area contributed by atoms with Crippen molar-refractivity contribution in [3.63, 3.8) is 0 Å². The first-order valence-electron chi connectivity index (χ1n) is 6.39. The summed E-state index contributed by atoms with van der Waals surface area (Å²) in [6.45, 7) is 9.57. The van der Waals surface area contributed by atoms with E-state index in [1.165, 1.54) is 11.4 Å². The van der Waals surface area contributed by atoms with Gasteiger partial charge in [-0.05, 0) is 31.6 Å². The smallest absolute Gasteiger partial charge is 0.0596 e. The van der Waals surface area contributed by atoms with Gasteiger partial charge in [-0.15, -0.1) is 0 Å². The summed E-state index contributed by atoms with van der Waals surface area (Å²) in [7, 11) is 0. The molecule has 0 aliphatic carbocycles. The molecule has 1 unspecified atom stereocenters. The Bertz CT molecular complexity index is 333. The maximum Gasteiger partial charge on any atom is 0.0596 e. The van der Waals surface area contributed by atoms with Crippen LogP contribution in [0.5, 0.6) is 0 Å². The second-order valence-corrected chi connectivity index (χ2v) is 6.06. The summed E-state index contributed by atoms with van der Waals surface area (Å²) in [5.74, 6) is 2.97. The third-order valence-corrected chi connectivity index (χ3v) is 4.11. The second-order valence-electron chi connectivity index (χ2n) is 4.99. The second kappa shape index (κ2) is 7.07. The van der Waals surface area contributed by atoms with Crippen LogP contribution >= 0.6 is 11.8 Å². The number of rotatable bonds is 7. The van der Waals surface area contributed by atoms with E-state index in [2.05, 4.69) is 36.6 Å². The van der Waals surface area contributed by atoms with Crippen LogP contribution in [-0.2, 0) is 13.0 Å². The maximum atomic E-state index is 6.16. The Morgan fingerprint density at radius 1 is 1.41 bits per heavy atom. The van der Waals surface area contributed by atoms with Crippen molar-refractivity contribution >= 4 is 11.8 Å². The SMILES string of the molecule is CCn1nc(C)cc1CC(N)CSCC(C)C. The lowest BCUT2D eigenvalue weighted by atomic mass is 10.2. The molecule has 0 aliphatic heterocycles. The van der Waals surface area contributed by atoms with Crippen LogP contribution in [0.15, 0.2) is 6.07 Å². The molecule has 0 saturated heterocycles. The summed E-state index contributed by atoms with van der Waals surface area (Å²) in [5, 5.41) is 4.44. The fourth-order valence-corrected chi connectivity index (χ4v) is 2.85. The number of nitrogens with zero attached hydrogens (tertiary/aromatic N) is 2. The topological polar surface area (TPSA) is 43.8 Å². The Morgan fingerprint density at radius 2 is 2.12 bits per heavy atom. The molecule has 0 spiro atoms. The third-order valence-electron chi connectivity index (χ3n) is 2.54. The lowest BCUT2D eigenvalue weighted by Gasteiger charge is -2.13. The van der Waals surface area contributed by atoms with Crippen LogP contribution in [0.2, 0.25) is 0 Å². The Morgan fingerprint density at radius 3 is 2.71 bits per heavy atom. The fraction of sp³-hybridized carbons (Fsp3) is 0.769. The van der Waals surface area contributed by atoms with Gasteiger partial charge in [-0.3, -0.25) is 4.68 Å². The Kier molecular flexibility index (Phi) is 6.06. The molecule has 0 fully saturated rings. The molecule has 17 heavy (non-hydrogen) atoms. The summed E-state index contributed by atoms with van der Waals surface area (Å²) in [6.07, 6.45) is 0.930. The molecule has 0 aromatic carbocycles. The van der Waals surface area contributed by atoms with Crippen LogP contribution in [0.25, 0.3) is 0 Å². The predicted molar refractivity (Wildman–Crippen MR) is 76.5 cm³/mol. The van der Waals surface area contributed by atoms with Gasteiger partial charge in [0, 0.05) is 30.5 Å². The van der Waals surface area contributed by atoms with Crippen molar-refractivity contribution < 1.29 is 0 Å². The van der Waals surface area contributed by atoms with Crippen LogP contribution in [0.3, 0.4) is 0 Å². The molecule has 1 rings (SSSR count). The molecular formula is C13H25N3S. The van der Waals surface area contributed by atoms with Gasteiger partial charge in [-0.1, -0.05) is 13.8 Å². The molecule has 1 aromatic heterocycles. The zero-order chi connectivity index (χ0) is 12.8. The fourth-order valence-electron chi connectivity index (χ4n) is 1.82. The minimum Gasteiger partial charge on any atom is -0.327 e. The summed E-state index contributed by atoms with van der Waals surface area (Å²) in [6, 6.07) is 2.39.